The highest BCUT2D eigenvalue weighted by Gasteiger charge is 2.35. The Morgan fingerprint density at radius 3 is 2.71 bits per heavy atom. The largest absolute Gasteiger partial charge is 0.494 e. The van der Waals surface area contributed by atoms with Gasteiger partial charge in [-0.2, -0.15) is 0 Å². The fourth-order valence-electron chi connectivity index (χ4n) is 3.26. The first kappa shape index (κ1) is 18.6. The Balaban J connectivity index is 2.09. The van der Waals surface area contributed by atoms with Crippen molar-refractivity contribution >= 4 is 6.09 Å². The van der Waals surface area contributed by atoms with Gasteiger partial charge in [-0.1, -0.05) is 18.2 Å². The van der Waals surface area contributed by atoms with Crippen LogP contribution in [0, 0.1) is 5.92 Å². The van der Waals surface area contributed by atoms with Gasteiger partial charge < -0.3 is 20.1 Å². The zero-order chi connectivity index (χ0) is 17.7. The number of ether oxygens (including phenoxy) is 2. The van der Waals surface area contributed by atoms with Crippen molar-refractivity contribution < 1.29 is 14.3 Å². The van der Waals surface area contributed by atoms with Gasteiger partial charge in [-0.3, -0.25) is 0 Å². The molecule has 1 aromatic carbocycles. The van der Waals surface area contributed by atoms with E-state index in [1.165, 1.54) is 0 Å². The molecule has 1 aliphatic rings. The number of nitrogens with two attached hydrogens (primary N) is 1. The molecule has 2 unspecified atom stereocenters. The second kappa shape index (κ2) is 7.88. The van der Waals surface area contributed by atoms with Crippen LogP contribution in [0.4, 0.5) is 4.79 Å². The SMILES string of the molecule is CCOc1ccccc1C(CN)C1CCN(C(=O)OC(C)(C)C)C1. The zero-order valence-corrected chi connectivity index (χ0v) is 15.2. The van der Waals surface area contributed by atoms with E-state index in [4.69, 9.17) is 15.2 Å². The second-order valence-corrected chi connectivity index (χ2v) is 7.29. The summed E-state index contributed by atoms with van der Waals surface area (Å²) in [5.41, 5.74) is 6.75. The first-order valence-corrected chi connectivity index (χ1v) is 8.75. The molecular formula is C19H30N2O3. The molecule has 24 heavy (non-hydrogen) atoms. The van der Waals surface area contributed by atoms with E-state index in [1.807, 2.05) is 45.9 Å². The van der Waals surface area contributed by atoms with Gasteiger partial charge in [0.15, 0.2) is 0 Å². The molecule has 1 aliphatic heterocycles. The normalized spacial score (nSPS) is 19.2. The molecular weight excluding hydrogens is 304 g/mol. The minimum Gasteiger partial charge on any atom is -0.494 e. The van der Waals surface area contributed by atoms with Crippen molar-refractivity contribution in [3.05, 3.63) is 29.8 Å². The summed E-state index contributed by atoms with van der Waals surface area (Å²) in [5, 5.41) is 0. The van der Waals surface area contributed by atoms with E-state index in [0.29, 0.717) is 32.2 Å². The van der Waals surface area contributed by atoms with Crippen molar-refractivity contribution in [2.45, 2.75) is 45.6 Å². The highest BCUT2D eigenvalue weighted by Crippen LogP contribution is 2.36. The lowest BCUT2D eigenvalue weighted by Gasteiger charge is -2.26. The monoisotopic (exact) mass is 334 g/mol. The Hall–Kier alpha value is -1.75. The molecule has 0 bridgehead atoms. The molecule has 0 radical (unpaired) electrons. The van der Waals surface area contributed by atoms with E-state index >= 15 is 0 Å². The molecule has 2 rings (SSSR count). The highest BCUT2D eigenvalue weighted by molar-refractivity contribution is 5.68. The minimum atomic E-state index is -0.468. The van der Waals surface area contributed by atoms with Crippen molar-refractivity contribution in [1.29, 1.82) is 0 Å². The fraction of sp³-hybridized carbons (Fsp3) is 0.632. The molecule has 0 saturated carbocycles. The van der Waals surface area contributed by atoms with Crippen LogP contribution in [0.15, 0.2) is 24.3 Å². The van der Waals surface area contributed by atoms with Crippen LogP contribution in [0.25, 0.3) is 0 Å². The topological polar surface area (TPSA) is 64.8 Å². The standard InChI is InChI=1S/C19H30N2O3/c1-5-23-17-9-7-6-8-15(17)16(12-20)14-10-11-21(13-14)18(22)24-19(2,3)4/h6-9,14,16H,5,10-13,20H2,1-4H3. The van der Waals surface area contributed by atoms with E-state index in [-0.39, 0.29) is 12.0 Å². The fourth-order valence-corrected chi connectivity index (χ4v) is 3.26. The lowest BCUT2D eigenvalue weighted by Crippen LogP contribution is -2.36. The zero-order valence-electron chi connectivity index (χ0n) is 15.2. The van der Waals surface area contributed by atoms with Crippen LogP contribution in [0.2, 0.25) is 0 Å². The third kappa shape index (κ3) is 4.63. The molecule has 1 amide bonds. The van der Waals surface area contributed by atoms with Gasteiger partial charge in [-0.25, -0.2) is 4.79 Å². The smallest absolute Gasteiger partial charge is 0.410 e. The van der Waals surface area contributed by atoms with Gasteiger partial charge in [0, 0.05) is 19.0 Å². The number of amides is 1. The van der Waals surface area contributed by atoms with Gasteiger partial charge in [-0.05, 0) is 58.2 Å². The lowest BCUT2D eigenvalue weighted by atomic mass is 9.85. The van der Waals surface area contributed by atoms with Crippen molar-refractivity contribution in [2.24, 2.45) is 11.7 Å². The lowest BCUT2D eigenvalue weighted by molar-refractivity contribution is 0.0286. The molecule has 2 N–H and O–H groups in total. The average molecular weight is 334 g/mol. The first-order valence-electron chi connectivity index (χ1n) is 8.75. The number of nitrogens with zero attached hydrogens (tertiary/aromatic N) is 1. The Labute approximate surface area is 145 Å². The third-order valence-corrected chi connectivity index (χ3v) is 4.32. The number of hydrogen-bond donors (Lipinski definition) is 1. The summed E-state index contributed by atoms with van der Waals surface area (Å²) in [4.78, 5) is 14.1. The number of benzene rings is 1. The maximum atomic E-state index is 12.3. The number of carbonyl (C=O) groups is 1. The van der Waals surface area contributed by atoms with Crippen molar-refractivity contribution in [2.75, 3.05) is 26.2 Å². The van der Waals surface area contributed by atoms with Gasteiger partial charge in [0.05, 0.1) is 6.61 Å². The summed E-state index contributed by atoms with van der Waals surface area (Å²) in [6.45, 7) is 10.2. The summed E-state index contributed by atoms with van der Waals surface area (Å²) in [7, 11) is 0. The predicted molar refractivity (Wildman–Crippen MR) is 95.3 cm³/mol. The molecule has 0 aliphatic carbocycles. The number of likely N-dealkylation sites (tertiary alicyclic amines) is 1. The van der Waals surface area contributed by atoms with Crippen LogP contribution < -0.4 is 10.5 Å². The summed E-state index contributed by atoms with van der Waals surface area (Å²) in [5.74, 6) is 1.40. The van der Waals surface area contributed by atoms with Gasteiger partial charge >= 0.3 is 6.09 Å². The molecule has 1 heterocycles. The number of para-hydroxylation sites is 1. The van der Waals surface area contributed by atoms with Gasteiger partial charge in [0.1, 0.15) is 11.4 Å². The van der Waals surface area contributed by atoms with Crippen LogP contribution in [-0.2, 0) is 4.74 Å². The Morgan fingerprint density at radius 1 is 1.38 bits per heavy atom. The van der Waals surface area contributed by atoms with E-state index in [9.17, 15) is 4.79 Å². The summed E-state index contributed by atoms with van der Waals surface area (Å²) in [6, 6.07) is 8.06. The van der Waals surface area contributed by atoms with Crippen LogP contribution in [0.3, 0.4) is 0 Å². The van der Waals surface area contributed by atoms with Gasteiger partial charge in [0.2, 0.25) is 0 Å². The van der Waals surface area contributed by atoms with E-state index in [0.717, 1.165) is 17.7 Å². The van der Waals surface area contributed by atoms with Gasteiger partial charge in [0.25, 0.3) is 0 Å². The Bertz CT molecular complexity index is 554. The van der Waals surface area contributed by atoms with E-state index in [2.05, 4.69) is 6.07 Å². The predicted octanol–water partition coefficient (Wildman–Crippen LogP) is 3.38. The summed E-state index contributed by atoms with van der Waals surface area (Å²) >= 11 is 0. The second-order valence-electron chi connectivity index (χ2n) is 7.29. The van der Waals surface area contributed by atoms with Crippen LogP contribution >= 0.6 is 0 Å². The Morgan fingerprint density at radius 2 is 2.08 bits per heavy atom. The highest BCUT2D eigenvalue weighted by atomic mass is 16.6. The van der Waals surface area contributed by atoms with Crippen LogP contribution in [0.5, 0.6) is 5.75 Å². The van der Waals surface area contributed by atoms with Crippen molar-refractivity contribution in [1.82, 2.24) is 4.90 Å². The number of rotatable bonds is 5. The third-order valence-electron chi connectivity index (χ3n) is 4.32. The molecule has 5 nitrogen and oxygen atoms in total. The molecule has 1 fully saturated rings. The summed E-state index contributed by atoms with van der Waals surface area (Å²) in [6.07, 6.45) is 0.695. The first-order chi connectivity index (χ1) is 11.4. The molecule has 5 heteroatoms. The number of carbonyl (C=O) groups excluding carboxylic acids is 1. The molecule has 2 atom stereocenters. The van der Waals surface area contributed by atoms with Crippen LogP contribution in [-0.4, -0.2) is 42.8 Å². The average Bonchev–Trinajstić information content (AvgIpc) is 2.98. The van der Waals surface area contributed by atoms with Gasteiger partial charge in [-0.15, -0.1) is 0 Å². The quantitative estimate of drug-likeness (QED) is 0.896. The van der Waals surface area contributed by atoms with Crippen molar-refractivity contribution in [3.8, 4) is 5.75 Å². The molecule has 134 valence electrons. The Kier molecular flexibility index (Phi) is 6.10. The summed E-state index contributed by atoms with van der Waals surface area (Å²) < 4.78 is 11.2. The molecule has 1 saturated heterocycles. The van der Waals surface area contributed by atoms with E-state index in [1.54, 1.807) is 4.90 Å². The number of hydrogen-bond acceptors (Lipinski definition) is 4. The molecule has 1 aromatic rings. The van der Waals surface area contributed by atoms with Crippen molar-refractivity contribution in [3.63, 3.8) is 0 Å². The van der Waals surface area contributed by atoms with E-state index < -0.39 is 5.60 Å². The maximum Gasteiger partial charge on any atom is 0.410 e. The van der Waals surface area contributed by atoms with Crippen LogP contribution in [0.1, 0.15) is 45.6 Å². The maximum absolute atomic E-state index is 12.3. The minimum absolute atomic E-state index is 0.181. The molecule has 0 spiro atoms. The molecule has 0 aromatic heterocycles.